The van der Waals surface area contributed by atoms with Crippen LogP contribution in [0.2, 0.25) is 0 Å². The number of pyridine rings is 1. The molecule has 0 aliphatic carbocycles. The summed E-state index contributed by atoms with van der Waals surface area (Å²) in [6, 6.07) is 16.9. The van der Waals surface area contributed by atoms with Gasteiger partial charge in [-0.1, -0.05) is 18.2 Å². The van der Waals surface area contributed by atoms with Crippen molar-refractivity contribution in [3.63, 3.8) is 0 Å². The Morgan fingerprint density at radius 1 is 1.00 bits per heavy atom. The van der Waals surface area contributed by atoms with Crippen LogP contribution >= 0.6 is 0 Å². The first-order valence-electron chi connectivity index (χ1n) is 10.7. The van der Waals surface area contributed by atoms with E-state index in [1.165, 1.54) is 0 Å². The molecular weight excluding hydrogens is 410 g/mol. The first-order valence-corrected chi connectivity index (χ1v) is 10.7. The van der Waals surface area contributed by atoms with Gasteiger partial charge in [-0.05, 0) is 55.0 Å². The fraction of sp³-hybridized carbons (Fsp3) is 0.280. The Morgan fingerprint density at radius 2 is 1.78 bits per heavy atom. The minimum atomic E-state index is -0.582. The number of carbonyl (C=O) groups is 1. The molecule has 1 unspecified atom stereocenters. The highest BCUT2D eigenvalue weighted by Gasteiger charge is 2.19. The largest absolute Gasteiger partial charge is 0.368 e. The van der Waals surface area contributed by atoms with Crippen LogP contribution in [0.25, 0.3) is 0 Å². The summed E-state index contributed by atoms with van der Waals surface area (Å²) in [6.45, 7) is 5.40. The summed E-state index contributed by atoms with van der Waals surface area (Å²) in [5.74, 6) is -0.498. The number of hydrogen-bond donors (Lipinski definition) is 1. The fourth-order valence-corrected chi connectivity index (χ4v) is 3.95. The summed E-state index contributed by atoms with van der Waals surface area (Å²) in [5, 5.41) is 2.89. The SMILES string of the molecule is CC(NC(=O)Cc1cc(F)ccc1F)c1cccc(N2CCN(c3ccccn3)CC2)c1. The van der Waals surface area contributed by atoms with Crippen molar-refractivity contribution in [2.75, 3.05) is 36.0 Å². The van der Waals surface area contributed by atoms with E-state index in [0.717, 1.165) is 61.4 Å². The molecule has 4 rings (SSSR count). The van der Waals surface area contributed by atoms with Gasteiger partial charge in [-0.15, -0.1) is 0 Å². The smallest absolute Gasteiger partial charge is 0.225 e. The monoisotopic (exact) mass is 436 g/mol. The average molecular weight is 437 g/mol. The quantitative estimate of drug-likeness (QED) is 0.632. The van der Waals surface area contributed by atoms with Crippen molar-refractivity contribution < 1.29 is 13.6 Å². The maximum absolute atomic E-state index is 13.8. The van der Waals surface area contributed by atoms with Gasteiger partial charge in [-0.2, -0.15) is 0 Å². The van der Waals surface area contributed by atoms with Gasteiger partial charge in [0.2, 0.25) is 5.91 Å². The van der Waals surface area contributed by atoms with E-state index in [-0.39, 0.29) is 23.9 Å². The molecule has 1 aliphatic heterocycles. The number of nitrogens with zero attached hydrogens (tertiary/aromatic N) is 3. The first kappa shape index (κ1) is 21.7. The van der Waals surface area contributed by atoms with Crippen LogP contribution in [-0.4, -0.2) is 37.1 Å². The number of halogens is 2. The molecule has 1 N–H and O–H groups in total. The molecule has 0 bridgehead atoms. The lowest BCUT2D eigenvalue weighted by Gasteiger charge is -2.37. The van der Waals surface area contributed by atoms with Gasteiger partial charge in [0.25, 0.3) is 0 Å². The van der Waals surface area contributed by atoms with Crippen LogP contribution in [0.1, 0.15) is 24.1 Å². The Bertz CT molecular complexity index is 1070. The molecule has 1 aliphatic rings. The second-order valence-corrected chi connectivity index (χ2v) is 7.96. The Labute approximate surface area is 186 Å². The molecule has 1 fully saturated rings. The van der Waals surface area contributed by atoms with E-state index in [4.69, 9.17) is 0 Å². The van der Waals surface area contributed by atoms with Crippen molar-refractivity contribution in [2.45, 2.75) is 19.4 Å². The maximum atomic E-state index is 13.8. The van der Waals surface area contributed by atoms with Crippen molar-refractivity contribution in [1.29, 1.82) is 0 Å². The zero-order valence-corrected chi connectivity index (χ0v) is 18.0. The zero-order valence-electron chi connectivity index (χ0n) is 18.0. The van der Waals surface area contributed by atoms with Crippen LogP contribution in [0, 0.1) is 11.6 Å². The predicted octanol–water partition coefficient (Wildman–Crippen LogP) is 4.11. The molecule has 0 saturated carbocycles. The first-order chi connectivity index (χ1) is 15.5. The number of anilines is 2. The van der Waals surface area contributed by atoms with Crippen molar-refractivity contribution in [1.82, 2.24) is 10.3 Å². The third-order valence-corrected chi connectivity index (χ3v) is 5.72. The molecule has 7 heteroatoms. The topological polar surface area (TPSA) is 48.5 Å². The van der Waals surface area contributed by atoms with E-state index in [9.17, 15) is 13.6 Å². The van der Waals surface area contributed by atoms with Gasteiger partial charge >= 0.3 is 0 Å². The predicted molar refractivity (Wildman–Crippen MR) is 122 cm³/mol. The van der Waals surface area contributed by atoms with Gasteiger partial charge in [0.05, 0.1) is 12.5 Å². The lowest BCUT2D eigenvalue weighted by molar-refractivity contribution is -0.121. The molecule has 166 valence electrons. The maximum Gasteiger partial charge on any atom is 0.225 e. The highest BCUT2D eigenvalue weighted by molar-refractivity contribution is 5.79. The molecule has 0 radical (unpaired) electrons. The Morgan fingerprint density at radius 3 is 2.53 bits per heavy atom. The minimum Gasteiger partial charge on any atom is -0.368 e. The number of benzene rings is 2. The van der Waals surface area contributed by atoms with Crippen molar-refractivity contribution in [2.24, 2.45) is 0 Å². The molecule has 1 atom stereocenters. The molecule has 2 heterocycles. The third kappa shape index (κ3) is 5.22. The van der Waals surface area contributed by atoms with E-state index >= 15 is 0 Å². The van der Waals surface area contributed by atoms with E-state index in [1.54, 1.807) is 0 Å². The Kier molecular flexibility index (Phi) is 6.63. The summed E-state index contributed by atoms with van der Waals surface area (Å²) in [4.78, 5) is 21.4. The van der Waals surface area contributed by atoms with E-state index in [1.807, 2.05) is 43.5 Å². The number of hydrogen-bond acceptors (Lipinski definition) is 4. The molecule has 32 heavy (non-hydrogen) atoms. The molecule has 3 aromatic rings. The number of carbonyl (C=O) groups excluding carboxylic acids is 1. The second kappa shape index (κ2) is 9.77. The highest BCUT2D eigenvalue weighted by Crippen LogP contribution is 2.23. The van der Waals surface area contributed by atoms with Gasteiger partial charge in [-0.3, -0.25) is 4.79 Å². The molecule has 1 amide bonds. The van der Waals surface area contributed by atoms with Gasteiger partial charge in [0.15, 0.2) is 0 Å². The molecule has 2 aromatic carbocycles. The van der Waals surface area contributed by atoms with Gasteiger partial charge in [0.1, 0.15) is 17.5 Å². The lowest BCUT2D eigenvalue weighted by Crippen LogP contribution is -2.46. The summed E-state index contributed by atoms with van der Waals surface area (Å²) in [5.41, 5.74) is 2.11. The van der Waals surface area contributed by atoms with Gasteiger partial charge < -0.3 is 15.1 Å². The van der Waals surface area contributed by atoms with Crippen LogP contribution in [0.3, 0.4) is 0 Å². The van der Waals surface area contributed by atoms with Gasteiger partial charge in [-0.25, -0.2) is 13.8 Å². The Hall–Kier alpha value is -3.48. The van der Waals surface area contributed by atoms with Crippen LogP contribution in [-0.2, 0) is 11.2 Å². The van der Waals surface area contributed by atoms with E-state index in [2.05, 4.69) is 32.2 Å². The highest BCUT2D eigenvalue weighted by atomic mass is 19.1. The van der Waals surface area contributed by atoms with Crippen LogP contribution < -0.4 is 15.1 Å². The lowest BCUT2D eigenvalue weighted by atomic mass is 10.1. The van der Waals surface area contributed by atoms with E-state index < -0.39 is 11.6 Å². The molecule has 1 saturated heterocycles. The number of amides is 1. The van der Waals surface area contributed by atoms with E-state index in [0.29, 0.717) is 0 Å². The summed E-state index contributed by atoms with van der Waals surface area (Å²) >= 11 is 0. The molecule has 1 aromatic heterocycles. The van der Waals surface area contributed by atoms with Crippen LogP contribution in [0.4, 0.5) is 20.3 Å². The summed E-state index contributed by atoms with van der Waals surface area (Å²) in [6.07, 6.45) is 1.60. The number of piperazine rings is 1. The van der Waals surface area contributed by atoms with Crippen LogP contribution in [0.5, 0.6) is 0 Å². The van der Waals surface area contributed by atoms with Crippen molar-refractivity contribution in [3.8, 4) is 0 Å². The fourth-order valence-electron chi connectivity index (χ4n) is 3.95. The van der Waals surface area contributed by atoms with Gasteiger partial charge in [0, 0.05) is 43.6 Å². The normalized spacial score (nSPS) is 14.8. The average Bonchev–Trinajstić information content (AvgIpc) is 2.82. The molecule has 5 nitrogen and oxygen atoms in total. The molecular formula is C25H26F2N4O. The minimum absolute atomic E-state index is 0.0502. The summed E-state index contributed by atoms with van der Waals surface area (Å²) < 4.78 is 27.2. The molecule has 0 spiro atoms. The van der Waals surface area contributed by atoms with Crippen molar-refractivity contribution in [3.05, 3.63) is 89.6 Å². The summed E-state index contributed by atoms with van der Waals surface area (Å²) in [7, 11) is 0. The van der Waals surface area contributed by atoms with Crippen LogP contribution in [0.15, 0.2) is 66.9 Å². The number of aromatic nitrogens is 1. The number of nitrogens with one attached hydrogen (secondary N) is 1. The third-order valence-electron chi connectivity index (χ3n) is 5.72. The zero-order chi connectivity index (χ0) is 22.5. The number of rotatable bonds is 6. The second-order valence-electron chi connectivity index (χ2n) is 7.96. The Balaban J connectivity index is 1.36. The standard InChI is InChI=1S/C25H26F2N4O/c1-18(29-25(32)17-20-15-21(26)8-9-23(20)27)19-5-4-6-22(16-19)30-11-13-31(14-12-30)24-7-2-3-10-28-24/h2-10,15-16,18H,11-14,17H2,1H3,(H,29,32). The van der Waals surface area contributed by atoms with Crippen molar-refractivity contribution >= 4 is 17.4 Å².